The molecule has 1 atom stereocenters. The minimum Gasteiger partial charge on any atom is -0.444 e. The normalized spacial score (nSPS) is 18.9. The van der Waals surface area contributed by atoms with Gasteiger partial charge in [0.25, 0.3) is 0 Å². The van der Waals surface area contributed by atoms with Gasteiger partial charge >= 0.3 is 6.09 Å². The first-order valence-electron chi connectivity index (χ1n) is 7.54. The number of hydrogen-bond donors (Lipinski definition) is 0. The van der Waals surface area contributed by atoms with Crippen LogP contribution in [0.5, 0.6) is 0 Å². The van der Waals surface area contributed by atoms with Crippen molar-refractivity contribution in [2.24, 2.45) is 0 Å². The Labute approximate surface area is 158 Å². The predicted octanol–water partition coefficient (Wildman–Crippen LogP) is 4.17. The Morgan fingerprint density at radius 1 is 1.50 bits per heavy atom. The number of rotatable bonds is 1. The van der Waals surface area contributed by atoms with Crippen LogP contribution in [-0.4, -0.2) is 49.8 Å². The molecule has 1 aliphatic heterocycles. The Balaban J connectivity index is 1.86. The molecule has 0 N–H and O–H groups in total. The lowest BCUT2D eigenvalue weighted by Gasteiger charge is -2.33. The van der Waals surface area contributed by atoms with E-state index in [4.69, 9.17) is 16.3 Å². The van der Waals surface area contributed by atoms with Crippen LogP contribution in [0.2, 0.25) is 5.15 Å². The summed E-state index contributed by atoms with van der Waals surface area (Å²) in [5.74, 6) is 1.68. The Hall–Kier alpha value is -0.990. The maximum atomic E-state index is 12.3. The molecule has 3 rings (SSSR count). The first-order valence-corrected chi connectivity index (χ1v) is 9.76. The fourth-order valence-electron chi connectivity index (χ4n) is 2.51. The molecule has 0 aliphatic carbocycles. The maximum Gasteiger partial charge on any atom is 0.410 e. The number of imidazole rings is 1. The molecule has 0 spiro atoms. The van der Waals surface area contributed by atoms with Crippen molar-refractivity contribution >= 4 is 50.9 Å². The van der Waals surface area contributed by atoms with E-state index < -0.39 is 5.60 Å². The molecule has 1 unspecified atom stereocenters. The number of hydrogen-bond acceptors (Lipinski definition) is 5. The van der Waals surface area contributed by atoms with Crippen molar-refractivity contribution in [3.05, 3.63) is 28.0 Å². The summed E-state index contributed by atoms with van der Waals surface area (Å²) in [7, 11) is 0. The van der Waals surface area contributed by atoms with Gasteiger partial charge in [-0.25, -0.2) is 14.8 Å². The molecule has 1 aliphatic rings. The van der Waals surface area contributed by atoms with E-state index in [0.717, 1.165) is 17.1 Å². The second-order valence-corrected chi connectivity index (χ2v) is 8.90. The molecular formula is C15H18BrClN4O2S. The van der Waals surface area contributed by atoms with Gasteiger partial charge in [-0.1, -0.05) is 11.6 Å². The van der Waals surface area contributed by atoms with Crippen LogP contribution in [-0.2, 0) is 4.74 Å². The fourth-order valence-corrected chi connectivity index (χ4v) is 4.63. The van der Waals surface area contributed by atoms with E-state index in [1.54, 1.807) is 22.9 Å². The Kier molecular flexibility index (Phi) is 4.99. The van der Waals surface area contributed by atoms with Gasteiger partial charge < -0.3 is 9.64 Å². The smallest absolute Gasteiger partial charge is 0.410 e. The first-order chi connectivity index (χ1) is 11.3. The topological polar surface area (TPSA) is 59.7 Å². The molecule has 1 amide bonds. The summed E-state index contributed by atoms with van der Waals surface area (Å²) in [5.41, 5.74) is 0.239. The van der Waals surface area contributed by atoms with E-state index in [1.807, 2.05) is 31.4 Å². The lowest BCUT2D eigenvalue weighted by atomic mass is 10.2. The summed E-state index contributed by atoms with van der Waals surface area (Å²) in [6.45, 7) is 6.83. The zero-order chi connectivity index (χ0) is 17.5. The lowest BCUT2D eigenvalue weighted by Crippen LogP contribution is -2.42. The molecule has 0 aromatic carbocycles. The molecule has 130 valence electrons. The molecule has 1 fully saturated rings. The van der Waals surface area contributed by atoms with Gasteiger partial charge in [0.2, 0.25) is 0 Å². The standard InChI is InChI=1S/C15H18BrClN4O2S/c1-15(2,3)23-14(22)20-6-7-24-9(8-20)13-19-11(16)10-12(17)18-4-5-21(10)13/h4-5,9H,6-8H2,1-3H3. The number of aromatic nitrogens is 3. The minimum atomic E-state index is -0.501. The van der Waals surface area contributed by atoms with Crippen molar-refractivity contribution in [3.63, 3.8) is 0 Å². The summed E-state index contributed by atoms with van der Waals surface area (Å²) in [6.07, 6.45) is 3.19. The van der Waals surface area contributed by atoms with Crippen LogP contribution in [0.1, 0.15) is 31.8 Å². The number of amides is 1. The van der Waals surface area contributed by atoms with Crippen LogP contribution in [0.3, 0.4) is 0 Å². The summed E-state index contributed by atoms with van der Waals surface area (Å²) in [6, 6.07) is 0. The lowest BCUT2D eigenvalue weighted by molar-refractivity contribution is 0.0256. The van der Waals surface area contributed by atoms with E-state index in [1.165, 1.54) is 0 Å². The van der Waals surface area contributed by atoms with Crippen molar-refractivity contribution in [2.75, 3.05) is 18.8 Å². The summed E-state index contributed by atoms with van der Waals surface area (Å²) in [5, 5.41) is 0.441. The Morgan fingerprint density at radius 2 is 2.25 bits per heavy atom. The second kappa shape index (κ2) is 6.72. The molecule has 0 saturated carbocycles. The molecular weight excluding hydrogens is 416 g/mol. The molecule has 3 heterocycles. The average molecular weight is 434 g/mol. The monoisotopic (exact) mass is 432 g/mol. The summed E-state index contributed by atoms with van der Waals surface area (Å²) in [4.78, 5) is 22.8. The molecule has 0 radical (unpaired) electrons. The van der Waals surface area contributed by atoms with Crippen molar-refractivity contribution in [2.45, 2.75) is 31.6 Å². The molecule has 1 saturated heterocycles. The Morgan fingerprint density at radius 3 is 2.96 bits per heavy atom. The fraction of sp³-hybridized carbons (Fsp3) is 0.533. The highest BCUT2D eigenvalue weighted by Crippen LogP contribution is 2.36. The largest absolute Gasteiger partial charge is 0.444 e. The molecule has 0 bridgehead atoms. The van der Waals surface area contributed by atoms with Crippen LogP contribution < -0.4 is 0 Å². The maximum absolute atomic E-state index is 12.3. The molecule has 6 nitrogen and oxygen atoms in total. The van der Waals surface area contributed by atoms with Crippen molar-refractivity contribution in [3.8, 4) is 0 Å². The molecule has 2 aromatic heterocycles. The van der Waals surface area contributed by atoms with E-state index in [2.05, 4.69) is 25.9 Å². The number of ether oxygens (including phenoxy) is 1. The quantitative estimate of drug-likeness (QED) is 0.675. The van der Waals surface area contributed by atoms with Crippen molar-refractivity contribution in [1.82, 2.24) is 19.3 Å². The van der Waals surface area contributed by atoms with E-state index in [-0.39, 0.29) is 11.3 Å². The third-order valence-corrected chi connectivity index (χ3v) is 5.51. The van der Waals surface area contributed by atoms with Gasteiger partial charge in [0, 0.05) is 31.2 Å². The molecule has 2 aromatic rings. The zero-order valence-corrected chi connectivity index (χ0v) is 16.8. The Bertz CT molecular complexity index is 777. The zero-order valence-electron chi connectivity index (χ0n) is 13.6. The number of thioether (sulfide) groups is 1. The highest BCUT2D eigenvalue weighted by molar-refractivity contribution is 9.10. The number of nitrogens with zero attached hydrogens (tertiary/aromatic N) is 4. The average Bonchev–Trinajstić information content (AvgIpc) is 2.84. The van der Waals surface area contributed by atoms with Crippen LogP contribution in [0, 0.1) is 0 Å². The van der Waals surface area contributed by atoms with E-state index in [0.29, 0.717) is 22.8 Å². The van der Waals surface area contributed by atoms with Gasteiger partial charge in [0.05, 0.1) is 5.25 Å². The number of fused-ring (bicyclic) bond motifs is 1. The van der Waals surface area contributed by atoms with Crippen LogP contribution in [0.15, 0.2) is 17.0 Å². The first kappa shape index (κ1) is 17.8. The summed E-state index contributed by atoms with van der Waals surface area (Å²) < 4.78 is 8.07. The third kappa shape index (κ3) is 3.65. The van der Waals surface area contributed by atoms with Crippen molar-refractivity contribution < 1.29 is 9.53 Å². The van der Waals surface area contributed by atoms with Gasteiger partial charge in [-0.3, -0.25) is 4.40 Å². The van der Waals surface area contributed by atoms with Crippen LogP contribution >= 0.6 is 39.3 Å². The van der Waals surface area contributed by atoms with E-state index in [9.17, 15) is 4.79 Å². The van der Waals surface area contributed by atoms with Gasteiger partial charge in [-0.05, 0) is 36.7 Å². The van der Waals surface area contributed by atoms with Gasteiger partial charge in [0.15, 0.2) is 5.15 Å². The number of halogens is 2. The second-order valence-electron chi connectivity index (χ2n) is 6.48. The van der Waals surface area contributed by atoms with Gasteiger partial charge in [0.1, 0.15) is 21.5 Å². The molecule has 9 heteroatoms. The van der Waals surface area contributed by atoms with Gasteiger partial charge in [-0.2, -0.15) is 0 Å². The highest BCUT2D eigenvalue weighted by atomic mass is 79.9. The predicted molar refractivity (Wildman–Crippen MR) is 98.7 cm³/mol. The van der Waals surface area contributed by atoms with Crippen LogP contribution in [0.4, 0.5) is 4.79 Å². The van der Waals surface area contributed by atoms with Gasteiger partial charge in [-0.15, -0.1) is 11.8 Å². The molecule has 24 heavy (non-hydrogen) atoms. The number of carbonyl (C=O) groups is 1. The third-order valence-electron chi connectivity index (χ3n) is 3.50. The number of carbonyl (C=O) groups excluding carboxylic acids is 1. The van der Waals surface area contributed by atoms with E-state index >= 15 is 0 Å². The summed E-state index contributed by atoms with van der Waals surface area (Å²) >= 11 is 11.4. The highest BCUT2D eigenvalue weighted by Gasteiger charge is 2.31. The van der Waals surface area contributed by atoms with Crippen LogP contribution in [0.25, 0.3) is 5.52 Å². The minimum absolute atomic E-state index is 0.0449. The van der Waals surface area contributed by atoms with Crippen molar-refractivity contribution in [1.29, 1.82) is 0 Å². The SMILES string of the molecule is CC(C)(C)OC(=O)N1CCSC(c2nc(Br)c3c(Cl)nccn23)C1.